The van der Waals surface area contributed by atoms with Crippen LogP contribution >= 0.6 is 0 Å². The molecule has 1 rings (SSSR count). The Morgan fingerprint density at radius 2 is 2.50 bits per heavy atom. The molecule has 12 heavy (non-hydrogen) atoms. The molecule has 0 saturated heterocycles. The van der Waals surface area contributed by atoms with E-state index in [0.29, 0.717) is 12.0 Å². The SMILES string of the molecule is CCC(CO)C(=O)c1cc[nH]c1. The number of carbonyl (C=O) groups excluding carboxylic acids is 1. The molecule has 1 aromatic heterocycles. The predicted octanol–water partition coefficient (Wildman–Crippen LogP) is 1.22. The van der Waals surface area contributed by atoms with Crippen LogP contribution in [0.4, 0.5) is 0 Å². The van der Waals surface area contributed by atoms with E-state index in [4.69, 9.17) is 5.11 Å². The summed E-state index contributed by atoms with van der Waals surface area (Å²) in [7, 11) is 0. The van der Waals surface area contributed by atoms with Gasteiger partial charge in [-0.15, -0.1) is 0 Å². The number of Topliss-reactive ketones (excluding diaryl/α,β-unsaturated/α-hetero) is 1. The summed E-state index contributed by atoms with van der Waals surface area (Å²) in [5.74, 6) is -0.234. The second kappa shape index (κ2) is 4.07. The van der Waals surface area contributed by atoms with Crippen molar-refractivity contribution in [3.05, 3.63) is 24.0 Å². The summed E-state index contributed by atoms with van der Waals surface area (Å²) in [5.41, 5.74) is 0.649. The summed E-state index contributed by atoms with van der Waals surface area (Å²) in [6, 6.07) is 1.72. The molecule has 1 atom stereocenters. The number of aromatic nitrogens is 1. The van der Waals surface area contributed by atoms with Crippen molar-refractivity contribution in [2.75, 3.05) is 6.61 Å². The second-order valence-electron chi connectivity index (χ2n) is 2.75. The molecule has 1 aromatic rings. The first kappa shape index (κ1) is 9.00. The molecule has 0 saturated carbocycles. The van der Waals surface area contributed by atoms with Gasteiger partial charge in [-0.25, -0.2) is 0 Å². The lowest BCUT2D eigenvalue weighted by Gasteiger charge is -2.07. The highest BCUT2D eigenvalue weighted by atomic mass is 16.3. The van der Waals surface area contributed by atoms with Gasteiger partial charge in [0.25, 0.3) is 0 Å². The van der Waals surface area contributed by atoms with Crippen LogP contribution in [0.3, 0.4) is 0 Å². The Labute approximate surface area is 71.4 Å². The number of ketones is 1. The fraction of sp³-hybridized carbons (Fsp3) is 0.444. The van der Waals surface area contributed by atoms with E-state index in [9.17, 15) is 4.79 Å². The highest BCUT2D eigenvalue weighted by Gasteiger charge is 2.16. The molecule has 0 aliphatic rings. The van der Waals surface area contributed by atoms with Gasteiger partial charge in [-0.1, -0.05) is 6.92 Å². The summed E-state index contributed by atoms with van der Waals surface area (Å²) < 4.78 is 0. The molecule has 0 aliphatic carbocycles. The highest BCUT2D eigenvalue weighted by molar-refractivity contribution is 5.97. The average Bonchev–Trinajstić information content (AvgIpc) is 2.58. The number of H-pyrrole nitrogens is 1. The molecule has 1 heterocycles. The van der Waals surface area contributed by atoms with Crippen molar-refractivity contribution in [2.24, 2.45) is 5.92 Å². The van der Waals surface area contributed by atoms with Gasteiger partial charge in [0.05, 0.1) is 6.61 Å². The van der Waals surface area contributed by atoms with Gasteiger partial charge in [0, 0.05) is 23.9 Å². The number of aromatic amines is 1. The van der Waals surface area contributed by atoms with Crippen LogP contribution in [-0.4, -0.2) is 22.5 Å². The second-order valence-corrected chi connectivity index (χ2v) is 2.75. The predicted molar refractivity (Wildman–Crippen MR) is 46.0 cm³/mol. The third-order valence-corrected chi connectivity index (χ3v) is 1.97. The van der Waals surface area contributed by atoms with Crippen molar-refractivity contribution in [1.29, 1.82) is 0 Å². The van der Waals surface area contributed by atoms with Crippen LogP contribution in [0.2, 0.25) is 0 Å². The molecule has 3 nitrogen and oxygen atoms in total. The summed E-state index contributed by atoms with van der Waals surface area (Å²) in [4.78, 5) is 14.3. The van der Waals surface area contributed by atoms with Gasteiger partial charge < -0.3 is 10.1 Å². The maximum atomic E-state index is 11.5. The van der Waals surface area contributed by atoms with Crippen molar-refractivity contribution in [3.8, 4) is 0 Å². The molecular formula is C9H13NO2. The van der Waals surface area contributed by atoms with Crippen LogP contribution in [0.25, 0.3) is 0 Å². The van der Waals surface area contributed by atoms with Gasteiger partial charge in [0.2, 0.25) is 0 Å². The smallest absolute Gasteiger partial charge is 0.169 e. The third-order valence-electron chi connectivity index (χ3n) is 1.97. The van der Waals surface area contributed by atoms with Crippen LogP contribution in [0.5, 0.6) is 0 Å². The summed E-state index contributed by atoms with van der Waals surface area (Å²) in [5, 5.41) is 8.86. The van der Waals surface area contributed by atoms with E-state index in [1.165, 1.54) is 0 Å². The van der Waals surface area contributed by atoms with E-state index in [1.807, 2.05) is 6.92 Å². The number of hydrogen-bond acceptors (Lipinski definition) is 2. The minimum atomic E-state index is -0.249. The van der Waals surface area contributed by atoms with E-state index in [-0.39, 0.29) is 18.3 Å². The van der Waals surface area contributed by atoms with Crippen molar-refractivity contribution in [1.82, 2.24) is 4.98 Å². The van der Waals surface area contributed by atoms with Crippen molar-refractivity contribution < 1.29 is 9.90 Å². The number of nitrogens with one attached hydrogen (secondary N) is 1. The number of aliphatic hydroxyl groups is 1. The fourth-order valence-electron chi connectivity index (χ4n) is 1.11. The van der Waals surface area contributed by atoms with Crippen LogP contribution < -0.4 is 0 Å². The zero-order valence-corrected chi connectivity index (χ0v) is 7.08. The molecule has 0 radical (unpaired) electrons. The molecule has 0 amide bonds. The van der Waals surface area contributed by atoms with Gasteiger partial charge in [-0.3, -0.25) is 4.79 Å². The van der Waals surface area contributed by atoms with E-state index in [1.54, 1.807) is 18.5 Å². The van der Waals surface area contributed by atoms with Crippen molar-refractivity contribution in [2.45, 2.75) is 13.3 Å². The van der Waals surface area contributed by atoms with Crippen LogP contribution in [0.1, 0.15) is 23.7 Å². The van der Waals surface area contributed by atoms with Gasteiger partial charge in [-0.05, 0) is 12.5 Å². The zero-order chi connectivity index (χ0) is 8.97. The lowest BCUT2D eigenvalue weighted by Crippen LogP contribution is -2.17. The summed E-state index contributed by atoms with van der Waals surface area (Å²) >= 11 is 0. The van der Waals surface area contributed by atoms with Crippen LogP contribution in [-0.2, 0) is 0 Å². The van der Waals surface area contributed by atoms with Gasteiger partial charge in [-0.2, -0.15) is 0 Å². The highest BCUT2D eigenvalue weighted by Crippen LogP contribution is 2.10. The largest absolute Gasteiger partial charge is 0.396 e. The van der Waals surface area contributed by atoms with Crippen molar-refractivity contribution in [3.63, 3.8) is 0 Å². The van der Waals surface area contributed by atoms with Crippen molar-refractivity contribution >= 4 is 5.78 Å². The standard InChI is InChI=1S/C9H13NO2/c1-2-7(6-11)9(12)8-3-4-10-5-8/h3-5,7,10-11H,2,6H2,1H3. The third kappa shape index (κ3) is 1.74. The first-order chi connectivity index (χ1) is 5.79. The number of aliphatic hydroxyl groups excluding tert-OH is 1. The minimum Gasteiger partial charge on any atom is -0.396 e. The Balaban J connectivity index is 2.70. The van der Waals surface area contributed by atoms with Gasteiger partial charge in [0.15, 0.2) is 5.78 Å². The first-order valence-corrected chi connectivity index (χ1v) is 4.07. The lowest BCUT2D eigenvalue weighted by molar-refractivity contribution is 0.0856. The Bertz CT molecular complexity index is 237. The zero-order valence-electron chi connectivity index (χ0n) is 7.08. The molecule has 3 heteroatoms. The minimum absolute atomic E-state index is 0.0150. The van der Waals surface area contributed by atoms with Gasteiger partial charge >= 0.3 is 0 Å². The molecule has 2 N–H and O–H groups in total. The number of rotatable bonds is 4. The maximum Gasteiger partial charge on any atom is 0.169 e. The summed E-state index contributed by atoms with van der Waals surface area (Å²) in [6.07, 6.45) is 4.04. The van der Waals surface area contributed by atoms with Crippen LogP contribution in [0.15, 0.2) is 18.5 Å². The van der Waals surface area contributed by atoms with Crippen LogP contribution in [0, 0.1) is 5.92 Å². The molecule has 0 fully saturated rings. The first-order valence-electron chi connectivity index (χ1n) is 4.07. The van der Waals surface area contributed by atoms with E-state index >= 15 is 0 Å². The maximum absolute atomic E-state index is 11.5. The average molecular weight is 167 g/mol. The molecule has 0 spiro atoms. The topological polar surface area (TPSA) is 53.1 Å². The quantitative estimate of drug-likeness (QED) is 0.662. The number of hydrogen-bond donors (Lipinski definition) is 2. The summed E-state index contributed by atoms with van der Waals surface area (Å²) in [6.45, 7) is 1.83. The molecule has 0 bridgehead atoms. The fourth-order valence-corrected chi connectivity index (χ4v) is 1.11. The van der Waals surface area contributed by atoms with E-state index < -0.39 is 0 Å². The van der Waals surface area contributed by atoms with E-state index in [0.717, 1.165) is 0 Å². The Morgan fingerprint density at radius 3 is 2.92 bits per heavy atom. The Hall–Kier alpha value is -1.09. The Morgan fingerprint density at radius 1 is 1.75 bits per heavy atom. The Kier molecular flexibility index (Phi) is 3.05. The lowest BCUT2D eigenvalue weighted by atomic mass is 9.98. The van der Waals surface area contributed by atoms with Gasteiger partial charge in [0.1, 0.15) is 0 Å². The van der Waals surface area contributed by atoms with E-state index in [2.05, 4.69) is 4.98 Å². The number of carbonyl (C=O) groups is 1. The molecule has 1 unspecified atom stereocenters. The molecule has 66 valence electrons. The molecular weight excluding hydrogens is 154 g/mol. The molecule has 0 aromatic carbocycles. The molecule has 0 aliphatic heterocycles. The normalized spacial score (nSPS) is 12.8. The monoisotopic (exact) mass is 167 g/mol.